The van der Waals surface area contributed by atoms with Gasteiger partial charge in [-0.3, -0.25) is 0 Å². The number of carbonyl (C=O) groups is 1. The SMILES string of the molecule is O=C(O)c1cccc(NCc2cc(Cl)ccc2OCc2ccc(Cl)cc2)c1. The molecule has 138 valence electrons. The van der Waals surface area contributed by atoms with Gasteiger partial charge in [0.1, 0.15) is 12.4 Å². The number of nitrogens with one attached hydrogen (secondary N) is 1. The summed E-state index contributed by atoms with van der Waals surface area (Å²) in [5, 5.41) is 13.6. The van der Waals surface area contributed by atoms with Crippen LogP contribution in [0.2, 0.25) is 10.0 Å². The van der Waals surface area contributed by atoms with Gasteiger partial charge in [-0.1, -0.05) is 41.4 Å². The van der Waals surface area contributed by atoms with E-state index in [9.17, 15) is 4.79 Å². The Morgan fingerprint density at radius 2 is 1.70 bits per heavy atom. The van der Waals surface area contributed by atoms with E-state index in [0.717, 1.165) is 11.1 Å². The highest BCUT2D eigenvalue weighted by Crippen LogP contribution is 2.25. The van der Waals surface area contributed by atoms with Crippen LogP contribution in [0.25, 0.3) is 0 Å². The first kappa shape index (κ1) is 19.1. The molecule has 0 amide bonds. The lowest BCUT2D eigenvalue weighted by Crippen LogP contribution is -2.05. The van der Waals surface area contributed by atoms with Crippen LogP contribution in [-0.2, 0) is 13.2 Å². The van der Waals surface area contributed by atoms with E-state index in [2.05, 4.69) is 5.32 Å². The van der Waals surface area contributed by atoms with Gasteiger partial charge in [-0.25, -0.2) is 4.79 Å². The summed E-state index contributed by atoms with van der Waals surface area (Å²) < 4.78 is 5.93. The quantitative estimate of drug-likeness (QED) is 0.518. The van der Waals surface area contributed by atoms with Gasteiger partial charge in [0.2, 0.25) is 0 Å². The topological polar surface area (TPSA) is 58.6 Å². The van der Waals surface area contributed by atoms with Crippen molar-refractivity contribution in [3.63, 3.8) is 0 Å². The van der Waals surface area contributed by atoms with Gasteiger partial charge in [0, 0.05) is 27.8 Å². The molecule has 3 aromatic rings. The summed E-state index contributed by atoms with van der Waals surface area (Å²) >= 11 is 12.0. The number of halogens is 2. The van der Waals surface area contributed by atoms with E-state index >= 15 is 0 Å². The number of rotatable bonds is 7. The van der Waals surface area contributed by atoms with Crippen molar-refractivity contribution in [1.29, 1.82) is 0 Å². The average molecular weight is 402 g/mol. The Hall–Kier alpha value is -2.69. The lowest BCUT2D eigenvalue weighted by atomic mass is 10.1. The van der Waals surface area contributed by atoms with E-state index in [1.807, 2.05) is 42.5 Å². The summed E-state index contributed by atoms with van der Waals surface area (Å²) in [4.78, 5) is 11.1. The van der Waals surface area contributed by atoms with Crippen LogP contribution in [-0.4, -0.2) is 11.1 Å². The number of hydrogen-bond donors (Lipinski definition) is 2. The highest BCUT2D eigenvalue weighted by atomic mass is 35.5. The highest BCUT2D eigenvalue weighted by Gasteiger charge is 2.07. The molecule has 2 N–H and O–H groups in total. The Labute approximate surface area is 167 Å². The van der Waals surface area contributed by atoms with Gasteiger partial charge in [-0.2, -0.15) is 0 Å². The first-order valence-corrected chi connectivity index (χ1v) is 9.00. The van der Waals surface area contributed by atoms with Crippen molar-refractivity contribution >= 4 is 34.9 Å². The van der Waals surface area contributed by atoms with Crippen LogP contribution >= 0.6 is 23.2 Å². The minimum absolute atomic E-state index is 0.227. The molecule has 0 unspecified atom stereocenters. The van der Waals surface area contributed by atoms with Gasteiger partial charge in [0.05, 0.1) is 5.56 Å². The third-order valence-corrected chi connectivity index (χ3v) is 4.41. The summed E-state index contributed by atoms with van der Waals surface area (Å²) in [5.41, 5.74) is 2.81. The second kappa shape index (κ2) is 8.80. The zero-order valence-corrected chi connectivity index (χ0v) is 15.8. The maximum atomic E-state index is 11.1. The molecule has 6 heteroatoms. The number of hydrogen-bond acceptors (Lipinski definition) is 3. The van der Waals surface area contributed by atoms with Crippen LogP contribution in [0.5, 0.6) is 5.75 Å². The maximum Gasteiger partial charge on any atom is 0.335 e. The van der Waals surface area contributed by atoms with Gasteiger partial charge in [0.15, 0.2) is 0 Å². The van der Waals surface area contributed by atoms with E-state index in [-0.39, 0.29) is 5.56 Å². The minimum Gasteiger partial charge on any atom is -0.489 e. The molecule has 0 atom stereocenters. The maximum absolute atomic E-state index is 11.1. The lowest BCUT2D eigenvalue weighted by molar-refractivity contribution is 0.0697. The van der Waals surface area contributed by atoms with E-state index < -0.39 is 5.97 Å². The third kappa shape index (κ3) is 5.39. The largest absolute Gasteiger partial charge is 0.489 e. The van der Waals surface area contributed by atoms with Gasteiger partial charge in [0.25, 0.3) is 0 Å². The summed E-state index contributed by atoms with van der Waals surface area (Å²) in [7, 11) is 0. The molecule has 0 heterocycles. The Bertz CT molecular complexity index is 942. The van der Waals surface area contributed by atoms with Crippen LogP contribution < -0.4 is 10.1 Å². The number of aromatic carboxylic acids is 1. The molecular weight excluding hydrogens is 385 g/mol. The summed E-state index contributed by atoms with van der Waals surface area (Å²) in [6.07, 6.45) is 0. The molecule has 0 fully saturated rings. The van der Waals surface area contributed by atoms with Crippen molar-refractivity contribution in [3.8, 4) is 5.75 Å². The van der Waals surface area contributed by atoms with Gasteiger partial charge < -0.3 is 15.2 Å². The molecule has 0 aliphatic rings. The molecule has 0 aromatic heterocycles. The lowest BCUT2D eigenvalue weighted by Gasteiger charge is -2.14. The monoisotopic (exact) mass is 401 g/mol. The van der Waals surface area contributed by atoms with Gasteiger partial charge in [-0.15, -0.1) is 0 Å². The van der Waals surface area contributed by atoms with Crippen molar-refractivity contribution in [2.75, 3.05) is 5.32 Å². The van der Waals surface area contributed by atoms with E-state index in [4.69, 9.17) is 33.0 Å². The van der Waals surface area contributed by atoms with Crippen LogP contribution in [0.4, 0.5) is 5.69 Å². The van der Waals surface area contributed by atoms with Crippen molar-refractivity contribution in [2.45, 2.75) is 13.2 Å². The van der Waals surface area contributed by atoms with E-state index in [0.29, 0.717) is 34.6 Å². The smallest absolute Gasteiger partial charge is 0.335 e. The number of carboxylic acids is 1. The zero-order valence-electron chi connectivity index (χ0n) is 14.3. The molecule has 4 nitrogen and oxygen atoms in total. The summed E-state index contributed by atoms with van der Waals surface area (Å²) in [5.74, 6) is -0.260. The van der Waals surface area contributed by atoms with Crippen LogP contribution in [0.1, 0.15) is 21.5 Å². The Morgan fingerprint density at radius 3 is 2.44 bits per heavy atom. The molecule has 0 saturated heterocycles. The fourth-order valence-corrected chi connectivity index (χ4v) is 2.85. The Balaban J connectivity index is 1.71. The Morgan fingerprint density at radius 1 is 0.963 bits per heavy atom. The average Bonchev–Trinajstić information content (AvgIpc) is 2.67. The normalized spacial score (nSPS) is 10.4. The number of ether oxygens (including phenoxy) is 1. The van der Waals surface area contributed by atoms with E-state index in [1.54, 1.807) is 24.3 Å². The van der Waals surface area contributed by atoms with Crippen molar-refractivity contribution in [3.05, 3.63) is 93.5 Å². The van der Waals surface area contributed by atoms with Gasteiger partial charge >= 0.3 is 5.97 Å². The predicted molar refractivity (Wildman–Crippen MR) is 108 cm³/mol. The number of anilines is 1. The minimum atomic E-state index is -0.964. The molecule has 0 radical (unpaired) electrons. The molecular formula is C21H17Cl2NO3. The van der Waals surface area contributed by atoms with Crippen molar-refractivity contribution in [1.82, 2.24) is 0 Å². The van der Waals surface area contributed by atoms with E-state index in [1.165, 1.54) is 0 Å². The Kier molecular flexibility index (Phi) is 6.22. The molecule has 0 aliphatic carbocycles. The fourth-order valence-electron chi connectivity index (χ4n) is 2.53. The van der Waals surface area contributed by atoms with Crippen molar-refractivity contribution in [2.24, 2.45) is 0 Å². The standard InChI is InChI=1S/C21H17Cl2NO3/c22-17-6-4-14(5-7-17)13-27-20-9-8-18(23)10-16(20)12-24-19-3-1-2-15(11-19)21(25)26/h1-11,24H,12-13H2,(H,25,26). The fraction of sp³-hybridized carbons (Fsp3) is 0.0952. The molecule has 27 heavy (non-hydrogen) atoms. The van der Waals surface area contributed by atoms with Crippen LogP contribution in [0.3, 0.4) is 0 Å². The first-order chi connectivity index (χ1) is 13.0. The summed E-state index contributed by atoms with van der Waals surface area (Å²) in [6.45, 7) is 0.847. The predicted octanol–water partition coefficient (Wildman–Crippen LogP) is 5.88. The zero-order chi connectivity index (χ0) is 19.2. The summed E-state index contributed by atoms with van der Waals surface area (Å²) in [6, 6.07) is 19.5. The number of carboxylic acid groups (broad SMARTS) is 1. The third-order valence-electron chi connectivity index (χ3n) is 3.92. The second-order valence-corrected chi connectivity index (χ2v) is 6.78. The highest BCUT2D eigenvalue weighted by molar-refractivity contribution is 6.30. The van der Waals surface area contributed by atoms with Crippen LogP contribution in [0.15, 0.2) is 66.7 Å². The molecule has 0 spiro atoms. The molecule has 3 aromatic carbocycles. The molecule has 0 aliphatic heterocycles. The second-order valence-electron chi connectivity index (χ2n) is 5.91. The number of benzene rings is 3. The first-order valence-electron chi connectivity index (χ1n) is 8.24. The van der Waals surface area contributed by atoms with Crippen LogP contribution in [0, 0.1) is 0 Å². The molecule has 0 bridgehead atoms. The molecule has 3 rings (SSSR count). The molecule has 0 saturated carbocycles. The van der Waals surface area contributed by atoms with Crippen molar-refractivity contribution < 1.29 is 14.6 Å². The van der Waals surface area contributed by atoms with Gasteiger partial charge in [-0.05, 0) is 54.1 Å².